The van der Waals surface area contributed by atoms with Gasteiger partial charge in [0.15, 0.2) is 0 Å². The minimum absolute atomic E-state index is 0.0418. The van der Waals surface area contributed by atoms with Crippen LogP contribution in [-0.4, -0.2) is 35.0 Å². The summed E-state index contributed by atoms with van der Waals surface area (Å²) in [4.78, 5) is 41.4. The predicted octanol–water partition coefficient (Wildman–Crippen LogP) is 2.60. The molecular weight excluding hydrogens is 334 g/mol. The Bertz CT molecular complexity index is 762. The molecule has 0 saturated carbocycles. The van der Waals surface area contributed by atoms with E-state index >= 15 is 0 Å². The Labute approximate surface area is 151 Å². The summed E-state index contributed by atoms with van der Waals surface area (Å²) in [6.45, 7) is 0.711. The van der Waals surface area contributed by atoms with E-state index in [-0.39, 0.29) is 11.8 Å². The number of nitrogens with zero attached hydrogens (tertiary/aromatic N) is 2. The Morgan fingerprint density at radius 1 is 1.23 bits per heavy atom. The first-order chi connectivity index (χ1) is 12.6. The molecule has 1 aliphatic heterocycles. The highest BCUT2D eigenvalue weighted by Crippen LogP contribution is 2.20. The monoisotopic (exact) mass is 355 g/mol. The van der Waals surface area contributed by atoms with Crippen LogP contribution >= 0.6 is 0 Å². The van der Waals surface area contributed by atoms with Crippen molar-refractivity contribution in [1.82, 2.24) is 10.2 Å². The van der Waals surface area contributed by atoms with Gasteiger partial charge in [0.05, 0.1) is 24.4 Å². The Hall–Kier alpha value is -2.96. The molecule has 1 aliphatic carbocycles. The maximum Gasteiger partial charge on any atom is 0.350 e. The Morgan fingerprint density at radius 3 is 2.92 bits per heavy atom. The number of aliphatic imine (C=N–C) groups is 1. The lowest BCUT2D eigenvalue weighted by molar-refractivity contribution is -0.129. The normalized spacial score (nSPS) is 18.7. The van der Waals surface area contributed by atoms with Gasteiger partial charge in [-0.1, -0.05) is 24.6 Å². The largest absolute Gasteiger partial charge is 0.467 e. The van der Waals surface area contributed by atoms with Crippen molar-refractivity contribution in [3.05, 3.63) is 48.5 Å². The summed E-state index contributed by atoms with van der Waals surface area (Å²) in [5.74, 6) is -0.00577. The fourth-order valence-electron chi connectivity index (χ4n) is 2.91. The highest BCUT2D eigenvalue weighted by molar-refractivity contribution is 6.21. The second-order valence-electron chi connectivity index (χ2n) is 6.20. The zero-order valence-electron chi connectivity index (χ0n) is 14.4. The molecule has 26 heavy (non-hydrogen) atoms. The number of imide groups is 1. The van der Waals surface area contributed by atoms with E-state index in [0.29, 0.717) is 43.8 Å². The van der Waals surface area contributed by atoms with Gasteiger partial charge in [-0.3, -0.25) is 14.5 Å². The molecule has 136 valence electrons. The second kappa shape index (κ2) is 8.42. The molecule has 7 nitrogen and oxygen atoms in total. The first-order valence-electron chi connectivity index (χ1n) is 8.73. The number of hydrogen-bond acceptors (Lipinski definition) is 4. The van der Waals surface area contributed by atoms with E-state index in [4.69, 9.17) is 4.42 Å². The van der Waals surface area contributed by atoms with Crippen molar-refractivity contribution in [3.8, 4) is 0 Å². The molecule has 2 aliphatic rings. The third-order valence-electron chi connectivity index (χ3n) is 4.31. The number of nitrogens with one attached hydrogen (secondary N) is 1. The standard InChI is InChI=1S/C19H21N3O4/c23-17(20-13-14-7-6-12-26-14)10-2-1-5-11-22-18(24)15-8-3-4-9-16(15)21-19(22)25/h3-4,6-9,12,15H,1-2,5,10-11,13H2,(H,20,23). The van der Waals surface area contributed by atoms with Crippen molar-refractivity contribution in [2.75, 3.05) is 6.54 Å². The molecule has 0 fully saturated rings. The summed E-state index contributed by atoms with van der Waals surface area (Å²) in [6.07, 6.45) is 11.1. The lowest BCUT2D eigenvalue weighted by atomic mass is 9.95. The van der Waals surface area contributed by atoms with Crippen LogP contribution in [0.15, 0.2) is 52.1 Å². The van der Waals surface area contributed by atoms with Crippen molar-refractivity contribution in [2.45, 2.75) is 32.2 Å². The molecular formula is C19H21N3O4. The van der Waals surface area contributed by atoms with E-state index in [1.165, 1.54) is 4.90 Å². The van der Waals surface area contributed by atoms with Crippen LogP contribution < -0.4 is 5.32 Å². The number of carbonyl (C=O) groups excluding carboxylic acids is 3. The van der Waals surface area contributed by atoms with Gasteiger partial charge in [-0.05, 0) is 31.1 Å². The van der Waals surface area contributed by atoms with Crippen LogP contribution in [0.2, 0.25) is 0 Å². The van der Waals surface area contributed by atoms with Crippen LogP contribution in [0.3, 0.4) is 0 Å². The zero-order chi connectivity index (χ0) is 18.4. The second-order valence-corrected chi connectivity index (χ2v) is 6.20. The Morgan fingerprint density at radius 2 is 2.12 bits per heavy atom. The van der Waals surface area contributed by atoms with E-state index < -0.39 is 11.9 Å². The number of fused-ring (bicyclic) bond motifs is 1. The summed E-state index contributed by atoms with van der Waals surface area (Å²) in [7, 11) is 0. The fourth-order valence-corrected chi connectivity index (χ4v) is 2.91. The number of carbonyl (C=O) groups is 3. The topological polar surface area (TPSA) is 92.0 Å². The van der Waals surface area contributed by atoms with Gasteiger partial charge in [0.25, 0.3) is 0 Å². The molecule has 1 aromatic rings. The molecule has 1 aromatic heterocycles. The van der Waals surface area contributed by atoms with Crippen molar-refractivity contribution in [1.29, 1.82) is 0 Å². The number of urea groups is 1. The molecule has 1 N–H and O–H groups in total. The van der Waals surface area contributed by atoms with Crippen molar-refractivity contribution < 1.29 is 18.8 Å². The molecule has 4 amide bonds. The molecule has 0 spiro atoms. The third kappa shape index (κ3) is 4.36. The molecule has 0 radical (unpaired) electrons. The maximum atomic E-state index is 12.4. The number of hydrogen-bond donors (Lipinski definition) is 1. The van der Waals surface area contributed by atoms with Crippen LogP contribution in [0, 0.1) is 5.92 Å². The maximum absolute atomic E-state index is 12.4. The SMILES string of the molecule is O=C(CCCCCN1C(=O)N=C2C=CC=CC2C1=O)NCc1ccco1. The summed E-state index contributed by atoms with van der Waals surface area (Å²) in [5.41, 5.74) is 0.506. The highest BCUT2D eigenvalue weighted by Gasteiger charge is 2.35. The molecule has 3 rings (SSSR count). The van der Waals surface area contributed by atoms with E-state index in [0.717, 1.165) is 6.42 Å². The van der Waals surface area contributed by atoms with Gasteiger partial charge in [-0.15, -0.1) is 0 Å². The molecule has 0 bridgehead atoms. The van der Waals surface area contributed by atoms with Crippen LogP contribution in [0.4, 0.5) is 4.79 Å². The summed E-state index contributed by atoms with van der Waals surface area (Å²) < 4.78 is 5.15. The minimum Gasteiger partial charge on any atom is -0.467 e. The third-order valence-corrected chi connectivity index (χ3v) is 4.31. The van der Waals surface area contributed by atoms with Gasteiger partial charge in [0, 0.05) is 13.0 Å². The Kier molecular flexibility index (Phi) is 5.78. The number of unbranched alkanes of at least 4 members (excludes halogenated alkanes) is 2. The number of amides is 4. The fraction of sp³-hybridized carbons (Fsp3) is 0.368. The number of allylic oxidation sites excluding steroid dienone is 3. The quantitative estimate of drug-likeness (QED) is 0.726. The van der Waals surface area contributed by atoms with Gasteiger partial charge >= 0.3 is 6.03 Å². The van der Waals surface area contributed by atoms with Gasteiger partial charge in [-0.25, -0.2) is 4.79 Å². The van der Waals surface area contributed by atoms with Gasteiger partial charge in [0.1, 0.15) is 5.76 Å². The first-order valence-corrected chi connectivity index (χ1v) is 8.73. The number of rotatable bonds is 8. The molecule has 0 saturated heterocycles. The Balaban J connectivity index is 1.36. The smallest absolute Gasteiger partial charge is 0.350 e. The van der Waals surface area contributed by atoms with Gasteiger partial charge in [-0.2, -0.15) is 4.99 Å². The van der Waals surface area contributed by atoms with E-state index in [2.05, 4.69) is 10.3 Å². The molecule has 0 aromatic carbocycles. The van der Waals surface area contributed by atoms with Crippen molar-refractivity contribution >= 4 is 23.6 Å². The van der Waals surface area contributed by atoms with E-state index in [1.54, 1.807) is 42.7 Å². The molecule has 2 heterocycles. The average Bonchev–Trinajstić information content (AvgIpc) is 3.15. The molecule has 7 heteroatoms. The first kappa shape index (κ1) is 17.8. The molecule has 1 unspecified atom stereocenters. The minimum atomic E-state index is -0.502. The lowest BCUT2D eigenvalue weighted by Gasteiger charge is -2.28. The van der Waals surface area contributed by atoms with Gasteiger partial charge in [0.2, 0.25) is 11.8 Å². The van der Waals surface area contributed by atoms with Crippen LogP contribution in [-0.2, 0) is 16.1 Å². The summed E-state index contributed by atoms with van der Waals surface area (Å²) >= 11 is 0. The van der Waals surface area contributed by atoms with E-state index in [9.17, 15) is 14.4 Å². The highest BCUT2D eigenvalue weighted by atomic mass is 16.3. The van der Waals surface area contributed by atoms with Gasteiger partial charge < -0.3 is 9.73 Å². The van der Waals surface area contributed by atoms with Crippen molar-refractivity contribution in [3.63, 3.8) is 0 Å². The average molecular weight is 355 g/mol. The lowest BCUT2D eigenvalue weighted by Crippen LogP contribution is -2.46. The van der Waals surface area contributed by atoms with Crippen LogP contribution in [0.1, 0.15) is 31.4 Å². The van der Waals surface area contributed by atoms with Crippen LogP contribution in [0.25, 0.3) is 0 Å². The summed E-state index contributed by atoms with van der Waals surface area (Å²) in [5, 5.41) is 2.79. The van der Waals surface area contributed by atoms with Crippen molar-refractivity contribution in [2.24, 2.45) is 10.9 Å². The van der Waals surface area contributed by atoms with Crippen LogP contribution in [0.5, 0.6) is 0 Å². The predicted molar refractivity (Wildman–Crippen MR) is 95.3 cm³/mol. The molecule has 1 atom stereocenters. The number of furan rings is 1. The summed E-state index contributed by atoms with van der Waals surface area (Å²) in [6, 6.07) is 3.08. The zero-order valence-corrected chi connectivity index (χ0v) is 14.4. The van der Waals surface area contributed by atoms with E-state index in [1.807, 2.05) is 0 Å².